The van der Waals surface area contributed by atoms with Gasteiger partial charge in [-0.2, -0.15) is 0 Å². The van der Waals surface area contributed by atoms with Crippen LogP contribution in [-0.2, 0) is 13.0 Å². The summed E-state index contributed by atoms with van der Waals surface area (Å²) in [4.78, 5) is 4.66. The second-order valence-corrected chi connectivity index (χ2v) is 5.74. The standard InChI is InChI=1S/C14H16Cl2N2/c15-8-6-13-17-12-3-1-2-11(16)14(12)18(13)9-7-10-4-5-10/h1-3,10H,4-9H2. The molecule has 3 rings (SSSR count). The topological polar surface area (TPSA) is 17.8 Å². The first-order valence-corrected chi connectivity index (χ1v) is 7.40. The fourth-order valence-corrected chi connectivity index (χ4v) is 2.86. The van der Waals surface area contributed by atoms with Crippen LogP contribution in [-0.4, -0.2) is 15.4 Å². The number of hydrogen-bond donors (Lipinski definition) is 0. The molecular formula is C14H16Cl2N2. The lowest BCUT2D eigenvalue weighted by atomic mass is 10.2. The Bertz CT molecular complexity index is 558. The van der Waals surface area contributed by atoms with Crippen molar-refractivity contribution >= 4 is 34.2 Å². The van der Waals surface area contributed by atoms with Crippen molar-refractivity contribution in [2.24, 2.45) is 5.92 Å². The molecule has 0 bridgehead atoms. The van der Waals surface area contributed by atoms with E-state index in [1.165, 1.54) is 19.3 Å². The average molecular weight is 283 g/mol. The Balaban J connectivity index is 2.01. The van der Waals surface area contributed by atoms with Crippen molar-refractivity contribution in [1.82, 2.24) is 9.55 Å². The number of imidazole rings is 1. The van der Waals surface area contributed by atoms with Crippen molar-refractivity contribution < 1.29 is 0 Å². The van der Waals surface area contributed by atoms with Crippen molar-refractivity contribution in [2.45, 2.75) is 32.2 Å². The van der Waals surface area contributed by atoms with Gasteiger partial charge in [-0.15, -0.1) is 11.6 Å². The molecule has 0 aliphatic heterocycles. The number of aryl methyl sites for hydroxylation is 2. The number of hydrogen-bond acceptors (Lipinski definition) is 1. The normalized spacial score (nSPS) is 15.4. The zero-order chi connectivity index (χ0) is 12.5. The number of alkyl halides is 1. The SMILES string of the molecule is ClCCc1nc2cccc(Cl)c2n1CCC1CC1. The summed E-state index contributed by atoms with van der Waals surface area (Å²) in [7, 11) is 0. The zero-order valence-corrected chi connectivity index (χ0v) is 11.7. The van der Waals surface area contributed by atoms with Crippen molar-refractivity contribution in [2.75, 3.05) is 5.88 Å². The number of fused-ring (bicyclic) bond motifs is 1. The van der Waals surface area contributed by atoms with Crippen LogP contribution in [0.4, 0.5) is 0 Å². The largest absolute Gasteiger partial charge is 0.327 e. The molecule has 4 heteroatoms. The first kappa shape index (κ1) is 12.3. The van der Waals surface area contributed by atoms with Crippen LogP contribution in [0.15, 0.2) is 18.2 Å². The molecule has 1 aromatic heterocycles. The summed E-state index contributed by atoms with van der Waals surface area (Å²) < 4.78 is 2.26. The molecule has 96 valence electrons. The highest BCUT2D eigenvalue weighted by atomic mass is 35.5. The Kier molecular flexibility index (Phi) is 3.49. The molecule has 1 fully saturated rings. The molecule has 18 heavy (non-hydrogen) atoms. The van der Waals surface area contributed by atoms with Gasteiger partial charge in [-0.3, -0.25) is 0 Å². The molecule has 1 aliphatic rings. The molecule has 1 aromatic carbocycles. The predicted molar refractivity (Wildman–Crippen MR) is 76.5 cm³/mol. The van der Waals surface area contributed by atoms with Crippen LogP contribution in [0, 0.1) is 5.92 Å². The number of rotatable bonds is 5. The highest BCUT2D eigenvalue weighted by Gasteiger charge is 2.22. The second kappa shape index (κ2) is 5.10. The average Bonchev–Trinajstić information content (AvgIpc) is 3.10. The molecule has 0 spiro atoms. The van der Waals surface area contributed by atoms with E-state index >= 15 is 0 Å². The first-order chi connectivity index (χ1) is 8.79. The molecule has 0 radical (unpaired) electrons. The summed E-state index contributed by atoms with van der Waals surface area (Å²) >= 11 is 12.2. The summed E-state index contributed by atoms with van der Waals surface area (Å²) in [5.41, 5.74) is 2.05. The van der Waals surface area contributed by atoms with E-state index in [1.54, 1.807) is 0 Å². The maximum Gasteiger partial charge on any atom is 0.111 e. The van der Waals surface area contributed by atoms with Crippen molar-refractivity contribution in [3.63, 3.8) is 0 Å². The maximum absolute atomic E-state index is 6.31. The van der Waals surface area contributed by atoms with E-state index in [-0.39, 0.29) is 0 Å². The first-order valence-electron chi connectivity index (χ1n) is 6.49. The van der Waals surface area contributed by atoms with Gasteiger partial charge in [-0.25, -0.2) is 4.98 Å². The van der Waals surface area contributed by atoms with E-state index in [0.29, 0.717) is 5.88 Å². The number of benzene rings is 1. The Morgan fingerprint density at radius 2 is 2.17 bits per heavy atom. The van der Waals surface area contributed by atoms with Crippen molar-refractivity contribution in [3.8, 4) is 0 Å². The monoisotopic (exact) mass is 282 g/mol. The third kappa shape index (κ3) is 2.36. The molecule has 0 amide bonds. The van der Waals surface area contributed by atoms with E-state index in [2.05, 4.69) is 9.55 Å². The van der Waals surface area contributed by atoms with Gasteiger partial charge >= 0.3 is 0 Å². The third-order valence-electron chi connectivity index (χ3n) is 3.57. The Labute approximate surface area is 117 Å². The molecule has 0 atom stereocenters. The highest BCUT2D eigenvalue weighted by Crippen LogP contribution is 2.34. The van der Waals surface area contributed by atoms with Gasteiger partial charge in [-0.1, -0.05) is 30.5 Å². The Morgan fingerprint density at radius 1 is 1.33 bits per heavy atom. The minimum absolute atomic E-state index is 0.602. The van der Waals surface area contributed by atoms with Gasteiger partial charge in [0.05, 0.1) is 16.1 Å². The van der Waals surface area contributed by atoms with Gasteiger partial charge in [0.15, 0.2) is 0 Å². The Hall–Kier alpha value is -0.730. The molecule has 1 aliphatic carbocycles. The lowest BCUT2D eigenvalue weighted by Gasteiger charge is -2.08. The fourth-order valence-electron chi connectivity index (χ4n) is 2.42. The van der Waals surface area contributed by atoms with Gasteiger partial charge in [-0.05, 0) is 24.5 Å². The second-order valence-electron chi connectivity index (χ2n) is 4.96. The summed E-state index contributed by atoms with van der Waals surface area (Å²) in [6.45, 7) is 1.01. The molecule has 0 saturated heterocycles. The van der Waals surface area contributed by atoms with Gasteiger partial charge in [0.2, 0.25) is 0 Å². The van der Waals surface area contributed by atoms with Gasteiger partial charge < -0.3 is 4.57 Å². The van der Waals surface area contributed by atoms with E-state index in [1.807, 2.05) is 18.2 Å². The molecular weight excluding hydrogens is 267 g/mol. The van der Waals surface area contributed by atoms with Gasteiger partial charge in [0.25, 0.3) is 0 Å². The smallest absolute Gasteiger partial charge is 0.111 e. The number of aromatic nitrogens is 2. The molecule has 1 heterocycles. The molecule has 1 saturated carbocycles. The number of nitrogens with zero attached hydrogens (tertiary/aromatic N) is 2. The van der Waals surface area contributed by atoms with Crippen LogP contribution >= 0.6 is 23.2 Å². The fraction of sp³-hybridized carbons (Fsp3) is 0.500. The predicted octanol–water partition coefficient (Wildman–Crippen LogP) is 4.27. The summed E-state index contributed by atoms with van der Waals surface area (Å²) in [6.07, 6.45) is 4.79. The van der Waals surface area contributed by atoms with Crippen LogP contribution in [0.1, 0.15) is 25.1 Å². The maximum atomic E-state index is 6.31. The van der Waals surface area contributed by atoms with E-state index in [9.17, 15) is 0 Å². The van der Waals surface area contributed by atoms with Crippen molar-refractivity contribution in [3.05, 3.63) is 29.0 Å². The summed E-state index contributed by atoms with van der Waals surface area (Å²) in [5.74, 6) is 2.58. The minimum Gasteiger partial charge on any atom is -0.327 e. The van der Waals surface area contributed by atoms with Crippen LogP contribution in [0.2, 0.25) is 5.02 Å². The number of para-hydroxylation sites is 1. The zero-order valence-electron chi connectivity index (χ0n) is 10.2. The molecule has 0 N–H and O–H groups in total. The highest BCUT2D eigenvalue weighted by molar-refractivity contribution is 6.35. The number of halogens is 2. The van der Waals surface area contributed by atoms with Crippen LogP contribution in [0.3, 0.4) is 0 Å². The Morgan fingerprint density at radius 3 is 2.89 bits per heavy atom. The lowest BCUT2D eigenvalue weighted by Crippen LogP contribution is -2.05. The van der Waals surface area contributed by atoms with Crippen LogP contribution < -0.4 is 0 Å². The van der Waals surface area contributed by atoms with Crippen LogP contribution in [0.5, 0.6) is 0 Å². The summed E-state index contributed by atoms with van der Waals surface area (Å²) in [5, 5.41) is 0.789. The summed E-state index contributed by atoms with van der Waals surface area (Å²) in [6, 6.07) is 5.91. The molecule has 0 unspecified atom stereocenters. The molecule has 2 nitrogen and oxygen atoms in total. The van der Waals surface area contributed by atoms with E-state index in [0.717, 1.165) is 40.8 Å². The third-order valence-corrected chi connectivity index (χ3v) is 4.07. The minimum atomic E-state index is 0.602. The van der Waals surface area contributed by atoms with E-state index in [4.69, 9.17) is 23.2 Å². The van der Waals surface area contributed by atoms with Gasteiger partial charge in [0, 0.05) is 18.8 Å². The van der Waals surface area contributed by atoms with Crippen molar-refractivity contribution in [1.29, 1.82) is 0 Å². The molecule has 2 aromatic rings. The van der Waals surface area contributed by atoms with Gasteiger partial charge in [0.1, 0.15) is 5.82 Å². The van der Waals surface area contributed by atoms with Crippen LogP contribution in [0.25, 0.3) is 11.0 Å². The quantitative estimate of drug-likeness (QED) is 0.749. The van der Waals surface area contributed by atoms with E-state index < -0.39 is 0 Å². The lowest BCUT2D eigenvalue weighted by molar-refractivity contribution is 0.588.